The largest absolute Gasteiger partial charge is 0.341 e. The van der Waals surface area contributed by atoms with E-state index in [2.05, 4.69) is 10.2 Å². The number of nitrogens with zero attached hydrogens (tertiary/aromatic N) is 1. The lowest BCUT2D eigenvalue weighted by Gasteiger charge is -2.28. The molecule has 6 unspecified atom stereocenters. The van der Waals surface area contributed by atoms with E-state index < -0.39 is 0 Å². The smallest absolute Gasteiger partial charge is 0.239 e. The fourth-order valence-electron chi connectivity index (χ4n) is 4.56. The lowest BCUT2D eigenvalue weighted by Crippen LogP contribution is -2.46. The van der Waals surface area contributed by atoms with Gasteiger partial charge >= 0.3 is 0 Å². The van der Waals surface area contributed by atoms with Gasteiger partial charge in [0.1, 0.15) is 0 Å². The highest BCUT2D eigenvalue weighted by molar-refractivity contribution is 5.82. The van der Waals surface area contributed by atoms with Crippen molar-refractivity contribution in [2.75, 3.05) is 20.1 Å². The van der Waals surface area contributed by atoms with Crippen LogP contribution in [0.1, 0.15) is 32.1 Å². The van der Waals surface area contributed by atoms with Crippen LogP contribution in [0.3, 0.4) is 0 Å². The molecule has 1 amide bonds. The molecule has 6 atom stereocenters. The molecular formula is C15H24N2O. The van der Waals surface area contributed by atoms with E-state index in [0.29, 0.717) is 5.91 Å². The third-order valence-corrected chi connectivity index (χ3v) is 5.97. The van der Waals surface area contributed by atoms with Gasteiger partial charge in [-0.05, 0) is 68.7 Å². The predicted molar refractivity (Wildman–Crippen MR) is 70.0 cm³/mol. The molecule has 0 spiro atoms. The van der Waals surface area contributed by atoms with Gasteiger partial charge in [-0.1, -0.05) is 0 Å². The maximum Gasteiger partial charge on any atom is 0.239 e. The SMILES string of the molecule is CNC1CC2CC2CN(CC2CCC3CC32)C1=O. The van der Waals surface area contributed by atoms with Crippen molar-refractivity contribution >= 4 is 5.91 Å². The summed E-state index contributed by atoms with van der Waals surface area (Å²) in [7, 11) is 1.94. The van der Waals surface area contributed by atoms with Crippen molar-refractivity contribution in [1.29, 1.82) is 0 Å². The molecule has 0 aromatic heterocycles. The third-order valence-electron chi connectivity index (χ3n) is 5.97. The summed E-state index contributed by atoms with van der Waals surface area (Å²) < 4.78 is 0. The molecule has 1 saturated heterocycles. The second kappa shape index (κ2) is 3.96. The predicted octanol–water partition coefficient (Wildman–Crippen LogP) is 1.49. The zero-order valence-electron chi connectivity index (χ0n) is 11.3. The first-order valence-corrected chi connectivity index (χ1v) is 7.72. The number of amides is 1. The lowest BCUT2D eigenvalue weighted by molar-refractivity contribution is -0.133. The van der Waals surface area contributed by atoms with Crippen molar-refractivity contribution in [1.82, 2.24) is 10.2 Å². The molecule has 4 aliphatic rings. The highest BCUT2D eigenvalue weighted by Gasteiger charge is 2.50. The summed E-state index contributed by atoms with van der Waals surface area (Å²) >= 11 is 0. The molecule has 0 radical (unpaired) electrons. The van der Waals surface area contributed by atoms with Crippen molar-refractivity contribution in [2.24, 2.45) is 29.6 Å². The molecule has 3 saturated carbocycles. The molecule has 4 rings (SSSR count). The van der Waals surface area contributed by atoms with E-state index in [1.54, 1.807) is 0 Å². The van der Waals surface area contributed by atoms with Gasteiger partial charge in [0, 0.05) is 13.1 Å². The van der Waals surface area contributed by atoms with E-state index in [-0.39, 0.29) is 6.04 Å². The molecule has 3 aliphatic carbocycles. The van der Waals surface area contributed by atoms with E-state index in [4.69, 9.17) is 0 Å². The number of hydrogen-bond donors (Lipinski definition) is 1. The van der Waals surface area contributed by atoms with Crippen LogP contribution in [-0.4, -0.2) is 37.0 Å². The number of likely N-dealkylation sites (N-methyl/N-ethyl adjacent to an activating group) is 1. The minimum atomic E-state index is 0.0962. The van der Waals surface area contributed by atoms with Crippen molar-refractivity contribution in [3.8, 4) is 0 Å². The molecule has 18 heavy (non-hydrogen) atoms. The number of fused-ring (bicyclic) bond motifs is 2. The van der Waals surface area contributed by atoms with E-state index in [0.717, 1.165) is 49.1 Å². The summed E-state index contributed by atoms with van der Waals surface area (Å²) in [6, 6.07) is 0.0962. The Labute approximate surface area is 109 Å². The van der Waals surface area contributed by atoms with Gasteiger partial charge in [0.2, 0.25) is 5.91 Å². The Morgan fingerprint density at radius 2 is 2.06 bits per heavy atom. The van der Waals surface area contributed by atoms with Crippen LogP contribution in [0.15, 0.2) is 0 Å². The van der Waals surface area contributed by atoms with Crippen LogP contribution in [0, 0.1) is 29.6 Å². The Balaban J connectivity index is 1.46. The van der Waals surface area contributed by atoms with E-state index in [9.17, 15) is 4.79 Å². The van der Waals surface area contributed by atoms with Gasteiger partial charge in [-0.15, -0.1) is 0 Å². The van der Waals surface area contributed by atoms with Gasteiger partial charge < -0.3 is 10.2 Å². The molecule has 0 aromatic rings. The van der Waals surface area contributed by atoms with Gasteiger partial charge in [0.05, 0.1) is 6.04 Å². The second-order valence-corrected chi connectivity index (χ2v) is 7.07. The number of rotatable bonds is 3. The monoisotopic (exact) mass is 248 g/mol. The number of carbonyl (C=O) groups excluding carboxylic acids is 1. The molecule has 1 heterocycles. The van der Waals surface area contributed by atoms with Crippen LogP contribution in [0.25, 0.3) is 0 Å². The Hall–Kier alpha value is -0.570. The first-order chi connectivity index (χ1) is 8.76. The molecule has 3 heteroatoms. The summed E-state index contributed by atoms with van der Waals surface area (Å²) in [5.41, 5.74) is 0. The number of likely N-dealkylation sites (tertiary alicyclic amines) is 1. The number of hydrogen-bond acceptors (Lipinski definition) is 2. The Kier molecular flexibility index (Phi) is 2.48. The van der Waals surface area contributed by atoms with Crippen LogP contribution in [0.4, 0.5) is 0 Å². The van der Waals surface area contributed by atoms with Gasteiger partial charge in [-0.2, -0.15) is 0 Å². The molecule has 0 aromatic carbocycles. The fourth-order valence-corrected chi connectivity index (χ4v) is 4.56. The van der Waals surface area contributed by atoms with Gasteiger partial charge in [-0.25, -0.2) is 0 Å². The van der Waals surface area contributed by atoms with E-state index in [1.165, 1.54) is 25.7 Å². The summed E-state index contributed by atoms with van der Waals surface area (Å²) in [5.74, 6) is 4.87. The quantitative estimate of drug-likeness (QED) is 0.820. The number of nitrogens with one attached hydrogen (secondary N) is 1. The van der Waals surface area contributed by atoms with Crippen LogP contribution in [0.2, 0.25) is 0 Å². The molecule has 3 nitrogen and oxygen atoms in total. The molecule has 4 fully saturated rings. The standard InChI is InChI=1S/C15H24N2O/c1-16-14-6-11-4-12(11)8-17(15(14)18)7-10-3-2-9-5-13(9)10/h9-14,16H,2-8H2,1H3. The van der Waals surface area contributed by atoms with Crippen molar-refractivity contribution in [3.05, 3.63) is 0 Å². The fraction of sp³-hybridized carbons (Fsp3) is 0.933. The number of carbonyl (C=O) groups is 1. The zero-order chi connectivity index (χ0) is 12.3. The molecule has 100 valence electrons. The topological polar surface area (TPSA) is 32.3 Å². The Morgan fingerprint density at radius 1 is 1.17 bits per heavy atom. The molecule has 1 N–H and O–H groups in total. The van der Waals surface area contributed by atoms with Crippen LogP contribution in [0.5, 0.6) is 0 Å². The first kappa shape index (κ1) is 11.3. The highest BCUT2D eigenvalue weighted by atomic mass is 16.2. The summed E-state index contributed by atoms with van der Waals surface area (Å²) in [6.45, 7) is 2.11. The van der Waals surface area contributed by atoms with Crippen molar-refractivity contribution in [2.45, 2.75) is 38.1 Å². The van der Waals surface area contributed by atoms with Crippen LogP contribution < -0.4 is 5.32 Å². The van der Waals surface area contributed by atoms with Gasteiger partial charge in [0.15, 0.2) is 0 Å². The normalized spacial score (nSPS) is 49.6. The Bertz CT molecular complexity index is 370. The van der Waals surface area contributed by atoms with E-state index >= 15 is 0 Å². The average molecular weight is 248 g/mol. The highest BCUT2D eigenvalue weighted by Crippen LogP contribution is 2.55. The zero-order valence-corrected chi connectivity index (χ0v) is 11.3. The summed E-state index contributed by atoms with van der Waals surface area (Å²) in [6.07, 6.45) is 6.69. The minimum Gasteiger partial charge on any atom is -0.341 e. The van der Waals surface area contributed by atoms with Gasteiger partial charge in [0.25, 0.3) is 0 Å². The molecule has 0 bridgehead atoms. The minimum absolute atomic E-state index is 0.0962. The first-order valence-electron chi connectivity index (χ1n) is 7.72. The maximum atomic E-state index is 12.5. The summed E-state index contributed by atoms with van der Waals surface area (Å²) in [4.78, 5) is 14.7. The third kappa shape index (κ3) is 1.78. The van der Waals surface area contributed by atoms with Crippen LogP contribution >= 0.6 is 0 Å². The van der Waals surface area contributed by atoms with Crippen LogP contribution in [-0.2, 0) is 4.79 Å². The van der Waals surface area contributed by atoms with E-state index in [1.807, 2.05) is 7.05 Å². The Morgan fingerprint density at radius 3 is 2.72 bits per heavy atom. The van der Waals surface area contributed by atoms with Crippen molar-refractivity contribution in [3.63, 3.8) is 0 Å². The van der Waals surface area contributed by atoms with Gasteiger partial charge in [-0.3, -0.25) is 4.79 Å². The average Bonchev–Trinajstić information content (AvgIpc) is 3.25. The molecular weight excluding hydrogens is 224 g/mol. The summed E-state index contributed by atoms with van der Waals surface area (Å²) in [5, 5.41) is 3.24. The maximum absolute atomic E-state index is 12.5. The lowest BCUT2D eigenvalue weighted by atomic mass is 10.0. The molecule has 1 aliphatic heterocycles. The van der Waals surface area contributed by atoms with Crippen molar-refractivity contribution < 1.29 is 4.79 Å². The second-order valence-electron chi connectivity index (χ2n) is 7.07.